The third kappa shape index (κ3) is 4.79. The standard InChI is InChI=1S/C26H30F2/c1-3-5-6-8-19-9-11-20(12-10-19)21-13-15-22(16-14-21)24-18-17-23(7-4-2)25(27)26(24)28/h3,5,9-12,15,17-18,21H,4,6-8,13-14,16H2,1-2H3. The summed E-state index contributed by atoms with van der Waals surface area (Å²) in [6.07, 6.45) is 12.6. The van der Waals surface area contributed by atoms with Crippen molar-refractivity contribution in [3.8, 4) is 0 Å². The lowest BCUT2D eigenvalue weighted by Gasteiger charge is -2.23. The van der Waals surface area contributed by atoms with E-state index in [9.17, 15) is 8.78 Å². The van der Waals surface area contributed by atoms with Gasteiger partial charge in [0.1, 0.15) is 0 Å². The Kier molecular flexibility index (Phi) is 7.19. The summed E-state index contributed by atoms with van der Waals surface area (Å²) in [6.45, 7) is 4.03. The molecule has 2 aromatic rings. The molecule has 0 N–H and O–H groups in total. The Morgan fingerprint density at radius 1 is 1.00 bits per heavy atom. The highest BCUT2D eigenvalue weighted by molar-refractivity contribution is 5.67. The van der Waals surface area contributed by atoms with Crippen LogP contribution in [0.2, 0.25) is 0 Å². The van der Waals surface area contributed by atoms with Crippen LogP contribution in [0.3, 0.4) is 0 Å². The molecule has 0 aliphatic heterocycles. The zero-order chi connectivity index (χ0) is 19.9. The number of hydrogen-bond acceptors (Lipinski definition) is 0. The van der Waals surface area contributed by atoms with Crippen LogP contribution in [0.15, 0.2) is 54.6 Å². The van der Waals surface area contributed by atoms with Crippen LogP contribution in [0.25, 0.3) is 5.57 Å². The molecule has 0 heterocycles. The van der Waals surface area contributed by atoms with Gasteiger partial charge >= 0.3 is 0 Å². The third-order valence-corrected chi connectivity index (χ3v) is 5.72. The van der Waals surface area contributed by atoms with Crippen molar-refractivity contribution < 1.29 is 8.78 Å². The largest absolute Gasteiger partial charge is 0.203 e. The molecular weight excluding hydrogens is 350 g/mol. The molecule has 0 spiro atoms. The normalized spacial score (nSPS) is 17.1. The Morgan fingerprint density at radius 2 is 1.79 bits per heavy atom. The lowest BCUT2D eigenvalue weighted by molar-refractivity contribution is 0.494. The Bertz CT molecular complexity index is 843. The summed E-state index contributed by atoms with van der Waals surface area (Å²) in [6, 6.07) is 12.4. The van der Waals surface area contributed by atoms with Crippen LogP contribution < -0.4 is 0 Å². The van der Waals surface area contributed by atoms with Crippen LogP contribution in [0.1, 0.15) is 74.1 Å². The van der Waals surface area contributed by atoms with Crippen molar-refractivity contribution in [2.75, 3.05) is 0 Å². The van der Waals surface area contributed by atoms with Crippen molar-refractivity contribution in [2.24, 2.45) is 0 Å². The van der Waals surface area contributed by atoms with Crippen LogP contribution in [0.5, 0.6) is 0 Å². The molecule has 3 rings (SSSR count). The summed E-state index contributed by atoms with van der Waals surface area (Å²) in [5, 5.41) is 0. The Morgan fingerprint density at radius 3 is 2.43 bits per heavy atom. The zero-order valence-corrected chi connectivity index (χ0v) is 17.0. The van der Waals surface area contributed by atoms with Gasteiger partial charge in [-0.15, -0.1) is 0 Å². The molecule has 0 radical (unpaired) electrons. The maximum absolute atomic E-state index is 14.5. The van der Waals surface area contributed by atoms with Gasteiger partial charge < -0.3 is 0 Å². The van der Waals surface area contributed by atoms with Crippen molar-refractivity contribution in [3.63, 3.8) is 0 Å². The van der Waals surface area contributed by atoms with Gasteiger partial charge in [0.2, 0.25) is 0 Å². The van der Waals surface area contributed by atoms with Crippen molar-refractivity contribution in [1.82, 2.24) is 0 Å². The molecule has 2 aromatic carbocycles. The van der Waals surface area contributed by atoms with Crippen LogP contribution in [0.4, 0.5) is 8.78 Å². The fraction of sp³-hybridized carbons (Fsp3) is 0.385. The van der Waals surface area contributed by atoms with E-state index in [2.05, 4.69) is 42.5 Å². The van der Waals surface area contributed by atoms with Crippen LogP contribution in [-0.2, 0) is 12.8 Å². The summed E-state index contributed by atoms with van der Waals surface area (Å²) in [7, 11) is 0. The first-order valence-corrected chi connectivity index (χ1v) is 10.5. The van der Waals surface area contributed by atoms with Gasteiger partial charge in [-0.3, -0.25) is 0 Å². The number of rotatable bonds is 7. The van der Waals surface area contributed by atoms with Crippen LogP contribution in [0, 0.1) is 11.6 Å². The molecule has 28 heavy (non-hydrogen) atoms. The molecule has 0 amide bonds. The maximum atomic E-state index is 14.5. The molecule has 0 aromatic heterocycles. The first kappa shape index (κ1) is 20.5. The van der Waals surface area contributed by atoms with E-state index in [0.29, 0.717) is 23.5 Å². The molecule has 1 aliphatic rings. The highest BCUT2D eigenvalue weighted by atomic mass is 19.2. The molecule has 0 nitrogen and oxygen atoms in total. The Balaban J connectivity index is 1.68. The number of allylic oxidation sites excluding steroid dienone is 4. The summed E-state index contributed by atoms with van der Waals surface area (Å²) >= 11 is 0. The first-order chi connectivity index (χ1) is 13.6. The van der Waals surface area contributed by atoms with E-state index in [1.54, 1.807) is 12.1 Å². The lowest BCUT2D eigenvalue weighted by atomic mass is 9.82. The summed E-state index contributed by atoms with van der Waals surface area (Å²) in [5.41, 5.74) is 4.56. The van der Waals surface area contributed by atoms with Gasteiger partial charge in [0, 0.05) is 5.56 Å². The average Bonchev–Trinajstić information content (AvgIpc) is 2.73. The smallest absolute Gasteiger partial charge is 0.166 e. The van der Waals surface area contributed by atoms with E-state index in [4.69, 9.17) is 0 Å². The summed E-state index contributed by atoms with van der Waals surface area (Å²) in [4.78, 5) is 0. The van der Waals surface area contributed by atoms with Crippen molar-refractivity contribution in [2.45, 2.75) is 64.7 Å². The number of benzene rings is 2. The Labute approximate surface area is 168 Å². The molecule has 148 valence electrons. The molecule has 1 atom stereocenters. The topological polar surface area (TPSA) is 0 Å². The number of aryl methyl sites for hydroxylation is 2. The second-order valence-corrected chi connectivity index (χ2v) is 7.70. The van der Waals surface area contributed by atoms with Gasteiger partial charge in [-0.2, -0.15) is 0 Å². The SMILES string of the molecule is CC=CCCc1ccc(C2CC=C(c3ccc(CCC)c(F)c3F)CC2)cc1. The molecule has 0 fully saturated rings. The Hall–Kier alpha value is -2.22. The third-order valence-electron chi connectivity index (χ3n) is 5.72. The highest BCUT2D eigenvalue weighted by Gasteiger charge is 2.21. The van der Waals surface area contributed by atoms with Gasteiger partial charge in [-0.1, -0.05) is 68.0 Å². The van der Waals surface area contributed by atoms with E-state index >= 15 is 0 Å². The van der Waals surface area contributed by atoms with E-state index < -0.39 is 11.6 Å². The second-order valence-electron chi connectivity index (χ2n) is 7.70. The summed E-state index contributed by atoms with van der Waals surface area (Å²) in [5.74, 6) is -0.891. The molecule has 1 aliphatic carbocycles. The predicted octanol–water partition coefficient (Wildman–Crippen LogP) is 7.78. The first-order valence-electron chi connectivity index (χ1n) is 10.5. The van der Waals surface area contributed by atoms with E-state index in [0.717, 1.165) is 44.1 Å². The number of hydrogen-bond donors (Lipinski definition) is 0. The van der Waals surface area contributed by atoms with E-state index in [-0.39, 0.29) is 0 Å². The molecule has 0 bridgehead atoms. The van der Waals surface area contributed by atoms with Crippen molar-refractivity contribution in [1.29, 1.82) is 0 Å². The van der Waals surface area contributed by atoms with E-state index in [1.165, 1.54) is 11.1 Å². The summed E-state index contributed by atoms with van der Waals surface area (Å²) < 4.78 is 28.8. The monoisotopic (exact) mass is 380 g/mol. The molecule has 1 unspecified atom stereocenters. The fourth-order valence-corrected chi connectivity index (χ4v) is 4.05. The van der Waals surface area contributed by atoms with Crippen LogP contribution >= 0.6 is 0 Å². The quantitative estimate of drug-likeness (QED) is 0.430. The predicted molar refractivity (Wildman–Crippen MR) is 114 cm³/mol. The second kappa shape index (κ2) is 9.82. The minimum atomic E-state index is -0.680. The van der Waals surface area contributed by atoms with Gasteiger partial charge in [0.25, 0.3) is 0 Å². The zero-order valence-electron chi connectivity index (χ0n) is 17.0. The lowest BCUT2D eigenvalue weighted by Crippen LogP contribution is -2.06. The van der Waals surface area contributed by atoms with Gasteiger partial charge in [0.15, 0.2) is 11.6 Å². The van der Waals surface area contributed by atoms with Crippen molar-refractivity contribution >= 4 is 5.57 Å². The number of halogens is 2. The molecular formula is C26H30F2. The highest BCUT2D eigenvalue weighted by Crippen LogP contribution is 2.37. The fourth-order valence-electron chi connectivity index (χ4n) is 4.05. The van der Waals surface area contributed by atoms with Gasteiger partial charge in [0.05, 0.1) is 0 Å². The average molecular weight is 381 g/mol. The van der Waals surface area contributed by atoms with Crippen molar-refractivity contribution in [3.05, 3.63) is 88.5 Å². The van der Waals surface area contributed by atoms with E-state index in [1.807, 2.05) is 13.8 Å². The molecule has 0 saturated heterocycles. The molecule has 2 heteroatoms. The maximum Gasteiger partial charge on any atom is 0.166 e. The molecule has 0 saturated carbocycles. The minimum absolute atomic E-state index is 0.440. The van der Waals surface area contributed by atoms with Gasteiger partial charge in [-0.05, 0) is 73.6 Å². The van der Waals surface area contributed by atoms with Gasteiger partial charge in [-0.25, -0.2) is 8.78 Å². The minimum Gasteiger partial charge on any atom is -0.203 e. The van der Waals surface area contributed by atoms with Crippen LogP contribution in [-0.4, -0.2) is 0 Å².